The highest BCUT2D eigenvalue weighted by atomic mass is 16.5. The van der Waals surface area contributed by atoms with Crippen molar-refractivity contribution in [3.8, 4) is 0 Å². The number of ether oxygens (including phenoxy) is 1. The highest BCUT2D eigenvalue weighted by Crippen LogP contribution is 2.22. The third-order valence-electron chi connectivity index (χ3n) is 3.99. The number of hydrogen-bond donors (Lipinski definition) is 2. The zero-order chi connectivity index (χ0) is 20.2. The molecule has 1 atom stereocenters. The Labute approximate surface area is 154 Å². The largest absolute Gasteiger partial charge is 0.464 e. The van der Waals surface area contributed by atoms with Crippen LogP contribution >= 0.6 is 0 Å². The number of carbonyl (C=O) groups is 3. The predicted octanol–water partition coefficient (Wildman–Crippen LogP) is 2.99. The maximum Gasteiger partial charge on any atom is 0.354 e. The van der Waals surface area contributed by atoms with Crippen LogP contribution in [-0.4, -0.2) is 52.9 Å². The minimum atomic E-state index is -0.728. The van der Waals surface area contributed by atoms with Gasteiger partial charge in [-0.3, -0.25) is 4.79 Å². The van der Waals surface area contributed by atoms with Crippen molar-refractivity contribution in [1.82, 2.24) is 15.2 Å². The van der Waals surface area contributed by atoms with E-state index in [1.807, 2.05) is 20.8 Å². The zero-order valence-corrected chi connectivity index (χ0v) is 16.6. The number of ketones is 1. The molecule has 0 aliphatic heterocycles. The van der Waals surface area contributed by atoms with Crippen molar-refractivity contribution in [3.63, 3.8) is 0 Å². The van der Waals surface area contributed by atoms with Crippen LogP contribution in [0.5, 0.6) is 0 Å². The molecule has 0 aliphatic rings. The van der Waals surface area contributed by atoms with E-state index in [0.29, 0.717) is 16.8 Å². The Morgan fingerprint density at radius 2 is 1.88 bits per heavy atom. The standard InChI is InChI=1S/C19H29N3O4/c1-9-10-22(18(25)21-19(5,6)7)13(4)16(23)14-11(2)15(17(24)26-8)20-12(14)3/h9,13,20H,1,10H2,2-8H3,(H,21,25). The molecule has 2 N–H and O–H groups in total. The van der Waals surface area contributed by atoms with E-state index in [1.54, 1.807) is 26.8 Å². The minimum Gasteiger partial charge on any atom is -0.464 e. The van der Waals surface area contributed by atoms with Gasteiger partial charge in [0.05, 0.1) is 13.2 Å². The molecule has 0 saturated carbocycles. The smallest absolute Gasteiger partial charge is 0.354 e. The van der Waals surface area contributed by atoms with Gasteiger partial charge in [-0.05, 0) is 47.1 Å². The molecule has 0 spiro atoms. The van der Waals surface area contributed by atoms with Crippen molar-refractivity contribution in [2.75, 3.05) is 13.7 Å². The first-order valence-electron chi connectivity index (χ1n) is 8.46. The fourth-order valence-electron chi connectivity index (χ4n) is 2.72. The summed E-state index contributed by atoms with van der Waals surface area (Å²) in [4.78, 5) is 41.8. The van der Waals surface area contributed by atoms with Crippen molar-refractivity contribution in [3.05, 3.63) is 35.2 Å². The molecule has 1 rings (SSSR count). The fraction of sp³-hybridized carbons (Fsp3) is 0.526. The van der Waals surface area contributed by atoms with Crippen molar-refractivity contribution < 1.29 is 19.1 Å². The summed E-state index contributed by atoms with van der Waals surface area (Å²) in [7, 11) is 1.28. The molecular weight excluding hydrogens is 334 g/mol. The molecule has 0 bridgehead atoms. The van der Waals surface area contributed by atoms with Crippen molar-refractivity contribution in [1.29, 1.82) is 0 Å². The lowest BCUT2D eigenvalue weighted by molar-refractivity contribution is 0.0593. The quantitative estimate of drug-likeness (QED) is 0.462. The number of nitrogens with zero attached hydrogens (tertiary/aromatic N) is 1. The van der Waals surface area contributed by atoms with Gasteiger partial charge >= 0.3 is 12.0 Å². The van der Waals surface area contributed by atoms with Crippen LogP contribution in [0, 0.1) is 13.8 Å². The van der Waals surface area contributed by atoms with Gasteiger partial charge in [-0.1, -0.05) is 6.08 Å². The number of aryl methyl sites for hydroxylation is 1. The van der Waals surface area contributed by atoms with E-state index in [0.717, 1.165) is 0 Å². The van der Waals surface area contributed by atoms with Crippen LogP contribution < -0.4 is 5.32 Å². The number of amides is 2. The number of methoxy groups -OCH3 is 1. The van der Waals surface area contributed by atoms with Gasteiger partial charge in [0.2, 0.25) is 0 Å². The molecule has 1 unspecified atom stereocenters. The predicted molar refractivity (Wildman–Crippen MR) is 101 cm³/mol. The number of aromatic nitrogens is 1. The van der Waals surface area contributed by atoms with Crippen LogP contribution in [0.1, 0.15) is 59.8 Å². The number of Topliss-reactive ketones (excluding diaryl/α,β-unsaturated/α-hetero) is 1. The molecule has 0 radical (unpaired) electrons. The molecule has 7 heteroatoms. The van der Waals surface area contributed by atoms with Gasteiger partial charge in [0.1, 0.15) is 5.69 Å². The highest BCUT2D eigenvalue weighted by molar-refractivity contribution is 6.06. The number of nitrogens with one attached hydrogen (secondary N) is 2. The number of esters is 1. The molecule has 0 aliphatic carbocycles. The van der Waals surface area contributed by atoms with E-state index in [-0.39, 0.29) is 24.1 Å². The highest BCUT2D eigenvalue weighted by Gasteiger charge is 2.31. The SMILES string of the molecule is C=CCN(C(=O)NC(C)(C)C)C(C)C(=O)c1c(C)[nH]c(C(=O)OC)c1C. The summed E-state index contributed by atoms with van der Waals surface area (Å²) in [6, 6.07) is -1.08. The summed E-state index contributed by atoms with van der Waals surface area (Å²) in [6.07, 6.45) is 1.57. The summed E-state index contributed by atoms with van der Waals surface area (Å²) in [6.45, 7) is 14.6. The lowest BCUT2D eigenvalue weighted by atomic mass is 10.00. The van der Waals surface area contributed by atoms with E-state index in [1.165, 1.54) is 12.0 Å². The van der Waals surface area contributed by atoms with Gasteiger partial charge < -0.3 is 19.9 Å². The van der Waals surface area contributed by atoms with Crippen LogP contribution in [0.2, 0.25) is 0 Å². The number of H-pyrrole nitrogens is 1. The summed E-state index contributed by atoms with van der Waals surface area (Å²) in [5.41, 5.74) is 1.29. The van der Waals surface area contributed by atoms with Crippen LogP contribution in [0.4, 0.5) is 4.79 Å². The monoisotopic (exact) mass is 363 g/mol. The number of carbonyl (C=O) groups excluding carboxylic acids is 3. The molecule has 1 aromatic heterocycles. The first-order valence-corrected chi connectivity index (χ1v) is 8.46. The van der Waals surface area contributed by atoms with Crippen LogP contribution in [-0.2, 0) is 4.74 Å². The first kappa shape index (κ1) is 21.5. The van der Waals surface area contributed by atoms with Gasteiger partial charge in [0.25, 0.3) is 0 Å². The van der Waals surface area contributed by atoms with Gasteiger partial charge in [-0.25, -0.2) is 9.59 Å². The summed E-state index contributed by atoms with van der Waals surface area (Å²) in [5.74, 6) is -0.789. The van der Waals surface area contributed by atoms with Gasteiger partial charge in [-0.15, -0.1) is 6.58 Å². The third kappa shape index (κ3) is 4.74. The van der Waals surface area contributed by atoms with Crippen molar-refractivity contribution in [2.45, 2.75) is 53.1 Å². The van der Waals surface area contributed by atoms with Crippen LogP contribution in [0.15, 0.2) is 12.7 Å². The Hall–Kier alpha value is -2.57. The Bertz CT molecular complexity index is 713. The van der Waals surface area contributed by atoms with Gasteiger partial charge in [-0.2, -0.15) is 0 Å². The van der Waals surface area contributed by atoms with E-state index in [2.05, 4.69) is 16.9 Å². The topological polar surface area (TPSA) is 91.5 Å². The molecule has 0 aromatic carbocycles. The molecule has 0 saturated heterocycles. The van der Waals surface area contributed by atoms with Crippen LogP contribution in [0.25, 0.3) is 0 Å². The second kappa shape index (κ2) is 8.21. The number of hydrogen-bond acceptors (Lipinski definition) is 4. The normalized spacial score (nSPS) is 12.3. The Morgan fingerprint density at radius 1 is 1.31 bits per heavy atom. The Morgan fingerprint density at radius 3 is 2.35 bits per heavy atom. The zero-order valence-electron chi connectivity index (χ0n) is 16.6. The lowest BCUT2D eigenvalue weighted by Gasteiger charge is -2.31. The van der Waals surface area contributed by atoms with E-state index in [9.17, 15) is 14.4 Å². The number of aromatic amines is 1. The van der Waals surface area contributed by atoms with Crippen molar-refractivity contribution in [2.24, 2.45) is 0 Å². The molecule has 1 aromatic rings. The summed E-state index contributed by atoms with van der Waals surface area (Å²) >= 11 is 0. The second-order valence-corrected chi connectivity index (χ2v) is 7.28. The first-order chi connectivity index (χ1) is 11.9. The third-order valence-corrected chi connectivity index (χ3v) is 3.99. The van der Waals surface area contributed by atoms with Crippen molar-refractivity contribution >= 4 is 17.8 Å². The minimum absolute atomic E-state index is 0.223. The molecule has 1 heterocycles. The average Bonchev–Trinajstić information content (AvgIpc) is 2.83. The molecule has 0 fully saturated rings. The summed E-state index contributed by atoms with van der Waals surface area (Å²) in [5, 5.41) is 2.86. The van der Waals surface area contributed by atoms with E-state index >= 15 is 0 Å². The van der Waals surface area contributed by atoms with Gasteiger partial charge in [0.15, 0.2) is 5.78 Å². The summed E-state index contributed by atoms with van der Waals surface area (Å²) < 4.78 is 4.74. The van der Waals surface area contributed by atoms with Crippen LogP contribution in [0.3, 0.4) is 0 Å². The fourth-order valence-corrected chi connectivity index (χ4v) is 2.72. The molecule has 7 nitrogen and oxygen atoms in total. The molecule has 2 amide bonds. The van der Waals surface area contributed by atoms with Gasteiger partial charge in [0, 0.05) is 23.3 Å². The average molecular weight is 363 g/mol. The maximum absolute atomic E-state index is 13.1. The lowest BCUT2D eigenvalue weighted by Crippen LogP contribution is -2.53. The number of urea groups is 1. The molecule has 26 heavy (non-hydrogen) atoms. The number of rotatable bonds is 6. The second-order valence-electron chi connectivity index (χ2n) is 7.28. The molecular formula is C19H29N3O4. The Kier molecular flexibility index (Phi) is 6.78. The Balaban J connectivity index is 3.21. The van der Waals surface area contributed by atoms with E-state index in [4.69, 9.17) is 4.74 Å². The molecule has 144 valence electrons. The van der Waals surface area contributed by atoms with E-state index < -0.39 is 17.6 Å². The maximum atomic E-state index is 13.1.